The molecular weight excluding hydrogens is 242 g/mol. The van der Waals surface area contributed by atoms with E-state index in [-0.39, 0.29) is 22.9 Å². The van der Waals surface area contributed by atoms with Crippen molar-refractivity contribution in [3.63, 3.8) is 0 Å². The Kier molecular flexibility index (Phi) is 4.25. The van der Waals surface area contributed by atoms with Crippen LogP contribution >= 0.6 is 0 Å². The maximum absolute atomic E-state index is 11.9. The Balaban J connectivity index is 3.11. The van der Waals surface area contributed by atoms with Crippen LogP contribution in [0.1, 0.15) is 24.2 Å². The summed E-state index contributed by atoms with van der Waals surface area (Å²) >= 11 is 0. The SMILES string of the molecule is CC(C)CNS(=O)(=O)c1ccccc1C(=O)O. The van der Waals surface area contributed by atoms with Gasteiger partial charge in [-0.15, -0.1) is 0 Å². The number of aromatic carboxylic acids is 1. The molecule has 0 fully saturated rings. The minimum absolute atomic E-state index is 0.154. The van der Waals surface area contributed by atoms with Crippen LogP contribution in [0.25, 0.3) is 0 Å². The summed E-state index contributed by atoms with van der Waals surface area (Å²) in [5.74, 6) is -1.10. The number of hydrogen-bond donors (Lipinski definition) is 2. The fourth-order valence-corrected chi connectivity index (χ4v) is 2.64. The predicted octanol–water partition coefficient (Wildman–Crippen LogP) is 1.32. The van der Waals surface area contributed by atoms with Gasteiger partial charge in [0, 0.05) is 6.54 Å². The highest BCUT2D eigenvalue weighted by molar-refractivity contribution is 7.89. The molecule has 0 amide bonds. The minimum Gasteiger partial charge on any atom is -0.478 e. The van der Waals surface area contributed by atoms with Crippen LogP contribution in [0, 0.1) is 5.92 Å². The molecule has 1 aromatic carbocycles. The van der Waals surface area contributed by atoms with Crippen molar-refractivity contribution >= 4 is 16.0 Å². The van der Waals surface area contributed by atoms with Gasteiger partial charge < -0.3 is 5.11 Å². The summed E-state index contributed by atoms with van der Waals surface area (Å²) in [5, 5.41) is 8.91. The molecule has 0 radical (unpaired) electrons. The molecule has 0 heterocycles. The second-order valence-corrected chi connectivity index (χ2v) is 5.78. The highest BCUT2D eigenvalue weighted by atomic mass is 32.2. The molecular formula is C11H15NO4S. The maximum Gasteiger partial charge on any atom is 0.337 e. The molecule has 0 saturated carbocycles. The lowest BCUT2D eigenvalue weighted by molar-refractivity contribution is 0.0692. The average Bonchev–Trinajstić information content (AvgIpc) is 2.26. The van der Waals surface area contributed by atoms with Crippen LogP contribution in [-0.2, 0) is 10.0 Å². The molecule has 0 aromatic heterocycles. The van der Waals surface area contributed by atoms with Gasteiger partial charge in [0.15, 0.2) is 0 Å². The Bertz CT molecular complexity index is 508. The Hall–Kier alpha value is -1.40. The molecule has 0 spiro atoms. The summed E-state index contributed by atoms with van der Waals surface area (Å²) in [5.41, 5.74) is -0.219. The lowest BCUT2D eigenvalue weighted by atomic mass is 10.2. The van der Waals surface area contributed by atoms with Crippen LogP contribution in [0.3, 0.4) is 0 Å². The van der Waals surface area contributed by atoms with E-state index in [1.807, 2.05) is 13.8 Å². The second-order valence-electron chi connectivity index (χ2n) is 4.05. The zero-order valence-corrected chi connectivity index (χ0v) is 10.5. The lowest BCUT2D eigenvalue weighted by Gasteiger charge is -2.10. The van der Waals surface area contributed by atoms with Crippen molar-refractivity contribution in [1.29, 1.82) is 0 Å². The third-order valence-electron chi connectivity index (χ3n) is 2.09. The number of sulfonamides is 1. The molecule has 0 aliphatic carbocycles. The molecule has 2 N–H and O–H groups in total. The number of rotatable bonds is 5. The largest absolute Gasteiger partial charge is 0.478 e. The van der Waals surface area contributed by atoms with Gasteiger partial charge in [0.1, 0.15) is 0 Å². The van der Waals surface area contributed by atoms with Gasteiger partial charge in [-0.3, -0.25) is 0 Å². The fourth-order valence-electron chi connectivity index (χ4n) is 1.23. The van der Waals surface area contributed by atoms with E-state index in [4.69, 9.17) is 5.11 Å². The Morgan fingerprint density at radius 1 is 1.35 bits per heavy atom. The van der Waals surface area contributed by atoms with Crippen molar-refractivity contribution in [1.82, 2.24) is 4.72 Å². The van der Waals surface area contributed by atoms with Crippen molar-refractivity contribution in [2.24, 2.45) is 5.92 Å². The minimum atomic E-state index is -3.76. The summed E-state index contributed by atoms with van der Waals surface area (Å²) in [4.78, 5) is 10.7. The fraction of sp³-hybridized carbons (Fsp3) is 0.364. The number of carboxylic acid groups (broad SMARTS) is 1. The van der Waals surface area contributed by atoms with E-state index in [0.717, 1.165) is 0 Å². The first kappa shape index (κ1) is 13.7. The highest BCUT2D eigenvalue weighted by Gasteiger charge is 2.21. The molecule has 0 saturated heterocycles. The molecule has 0 unspecified atom stereocenters. The van der Waals surface area contributed by atoms with Gasteiger partial charge in [-0.05, 0) is 18.1 Å². The van der Waals surface area contributed by atoms with Crippen LogP contribution in [0.5, 0.6) is 0 Å². The first-order valence-electron chi connectivity index (χ1n) is 5.16. The standard InChI is InChI=1S/C11H15NO4S/c1-8(2)7-12-17(15,16)10-6-4-3-5-9(10)11(13)14/h3-6,8,12H,7H2,1-2H3,(H,13,14). The van der Waals surface area contributed by atoms with E-state index in [2.05, 4.69) is 4.72 Å². The molecule has 1 aromatic rings. The van der Waals surface area contributed by atoms with E-state index in [9.17, 15) is 13.2 Å². The van der Waals surface area contributed by atoms with Gasteiger partial charge in [-0.25, -0.2) is 17.9 Å². The van der Waals surface area contributed by atoms with Crippen LogP contribution in [0.4, 0.5) is 0 Å². The first-order chi connectivity index (χ1) is 7.84. The van der Waals surface area contributed by atoms with Crippen molar-refractivity contribution in [3.8, 4) is 0 Å². The number of nitrogens with one attached hydrogen (secondary N) is 1. The third kappa shape index (κ3) is 3.54. The zero-order chi connectivity index (χ0) is 13.1. The predicted molar refractivity (Wildman–Crippen MR) is 63.4 cm³/mol. The topological polar surface area (TPSA) is 83.5 Å². The lowest BCUT2D eigenvalue weighted by Crippen LogP contribution is -2.28. The van der Waals surface area contributed by atoms with Gasteiger partial charge in [-0.1, -0.05) is 26.0 Å². The molecule has 1 rings (SSSR count). The number of carbonyl (C=O) groups is 1. The van der Waals surface area contributed by atoms with E-state index in [0.29, 0.717) is 0 Å². The molecule has 0 aliphatic rings. The summed E-state index contributed by atoms with van der Waals surface area (Å²) < 4.78 is 26.2. The molecule has 94 valence electrons. The Morgan fingerprint density at radius 2 is 1.94 bits per heavy atom. The molecule has 0 atom stereocenters. The Morgan fingerprint density at radius 3 is 2.47 bits per heavy atom. The van der Waals surface area contributed by atoms with Crippen molar-refractivity contribution < 1.29 is 18.3 Å². The zero-order valence-electron chi connectivity index (χ0n) is 9.67. The van der Waals surface area contributed by atoms with Crippen LogP contribution in [-0.4, -0.2) is 26.0 Å². The van der Waals surface area contributed by atoms with E-state index in [1.54, 1.807) is 0 Å². The van der Waals surface area contributed by atoms with Gasteiger partial charge in [0.2, 0.25) is 10.0 Å². The quantitative estimate of drug-likeness (QED) is 0.833. The van der Waals surface area contributed by atoms with Crippen molar-refractivity contribution in [2.45, 2.75) is 18.7 Å². The van der Waals surface area contributed by atoms with Gasteiger partial charge in [0.05, 0.1) is 10.5 Å². The molecule has 17 heavy (non-hydrogen) atoms. The van der Waals surface area contributed by atoms with Crippen LogP contribution in [0.15, 0.2) is 29.2 Å². The molecule has 5 nitrogen and oxygen atoms in total. The molecule has 0 bridgehead atoms. The van der Waals surface area contributed by atoms with E-state index < -0.39 is 16.0 Å². The molecule has 6 heteroatoms. The summed E-state index contributed by atoms with van der Waals surface area (Å²) in [6.45, 7) is 4.01. The van der Waals surface area contributed by atoms with Crippen molar-refractivity contribution in [3.05, 3.63) is 29.8 Å². The van der Waals surface area contributed by atoms with Crippen LogP contribution < -0.4 is 4.72 Å². The summed E-state index contributed by atoms with van der Waals surface area (Å²) in [7, 11) is -3.76. The normalized spacial score (nSPS) is 11.7. The monoisotopic (exact) mass is 257 g/mol. The van der Waals surface area contributed by atoms with E-state index >= 15 is 0 Å². The van der Waals surface area contributed by atoms with Crippen LogP contribution in [0.2, 0.25) is 0 Å². The van der Waals surface area contributed by atoms with Gasteiger partial charge in [-0.2, -0.15) is 0 Å². The number of benzene rings is 1. The van der Waals surface area contributed by atoms with Gasteiger partial charge in [0.25, 0.3) is 0 Å². The second kappa shape index (κ2) is 5.29. The highest BCUT2D eigenvalue weighted by Crippen LogP contribution is 2.15. The third-order valence-corrected chi connectivity index (χ3v) is 3.57. The average molecular weight is 257 g/mol. The maximum atomic E-state index is 11.9. The van der Waals surface area contributed by atoms with Gasteiger partial charge >= 0.3 is 5.97 Å². The first-order valence-corrected chi connectivity index (χ1v) is 6.65. The summed E-state index contributed by atoms with van der Waals surface area (Å²) in [6, 6.07) is 5.54. The van der Waals surface area contributed by atoms with E-state index in [1.165, 1.54) is 24.3 Å². The Labute approximate surface area is 101 Å². The summed E-state index contributed by atoms with van der Waals surface area (Å²) in [6.07, 6.45) is 0. The molecule has 0 aliphatic heterocycles. The number of hydrogen-bond acceptors (Lipinski definition) is 3. The van der Waals surface area contributed by atoms with Crippen molar-refractivity contribution in [2.75, 3.05) is 6.54 Å². The smallest absolute Gasteiger partial charge is 0.337 e. The number of carboxylic acids is 1.